The Balaban J connectivity index is 2.23. The first kappa shape index (κ1) is 15.4. The van der Waals surface area contributed by atoms with Crippen LogP contribution >= 0.6 is 0 Å². The van der Waals surface area contributed by atoms with Gasteiger partial charge in [0.15, 0.2) is 0 Å². The summed E-state index contributed by atoms with van der Waals surface area (Å²) in [7, 11) is 1.55. The molecule has 0 saturated carbocycles. The van der Waals surface area contributed by atoms with E-state index in [1.165, 1.54) is 6.07 Å². The van der Waals surface area contributed by atoms with Gasteiger partial charge in [-0.1, -0.05) is 13.0 Å². The number of likely N-dealkylation sites (N-methyl/N-ethyl adjacent to an activating group) is 1. The molecule has 3 nitrogen and oxygen atoms in total. The van der Waals surface area contributed by atoms with Crippen molar-refractivity contribution >= 4 is 0 Å². The number of methoxy groups -OCH3 is 1. The Labute approximate surface area is 123 Å². The number of nitrogens with zero attached hydrogens (tertiary/aromatic N) is 1. The van der Waals surface area contributed by atoms with E-state index >= 15 is 0 Å². The molecule has 5 heteroatoms. The molecule has 0 amide bonds. The highest BCUT2D eigenvalue weighted by molar-refractivity contribution is 5.26. The zero-order chi connectivity index (χ0) is 15.2. The summed E-state index contributed by atoms with van der Waals surface area (Å²) in [5, 5.41) is 3.18. The molecule has 2 rings (SSSR count). The number of pyridine rings is 1. The lowest BCUT2D eigenvalue weighted by Crippen LogP contribution is -2.24. The zero-order valence-electron chi connectivity index (χ0n) is 12.1. The summed E-state index contributed by atoms with van der Waals surface area (Å²) in [5.74, 6) is -0.332. The molecule has 0 radical (unpaired) electrons. The van der Waals surface area contributed by atoms with Gasteiger partial charge in [0.25, 0.3) is 0 Å². The van der Waals surface area contributed by atoms with Gasteiger partial charge in [0, 0.05) is 23.9 Å². The van der Waals surface area contributed by atoms with Gasteiger partial charge >= 0.3 is 0 Å². The van der Waals surface area contributed by atoms with Crippen LogP contribution in [-0.2, 0) is 6.42 Å². The normalized spacial score (nSPS) is 12.2. The summed E-state index contributed by atoms with van der Waals surface area (Å²) < 4.78 is 32.3. The van der Waals surface area contributed by atoms with E-state index < -0.39 is 11.6 Å². The van der Waals surface area contributed by atoms with Crippen LogP contribution in [0.25, 0.3) is 0 Å². The van der Waals surface area contributed by atoms with Crippen molar-refractivity contribution in [3.05, 3.63) is 59.3 Å². The van der Waals surface area contributed by atoms with Crippen LogP contribution in [0.15, 0.2) is 36.5 Å². The highest BCUT2D eigenvalue weighted by Gasteiger charge is 2.16. The Morgan fingerprint density at radius 2 is 2.05 bits per heavy atom. The Hall–Kier alpha value is -2.01. The fourth-order valence-corrected chi connectivity index (χ4v) is 2.21. The minimum absolute atomic E-state index is 0.305. The summed E-state index contributed by atoms with van der Waals surface area (Å²) in [5.41, 5.74) is 1.25. The molecule has 21 heavy (non-hydrogen) atoms. The summed E-state index contributed by atoms with van der Waals surface area (Å²) in [6.45, 7) is 2.58. The summed E-state index contributed by atoms with van der Waals surface area (Å²) in [6.07, 6.45) is 2.20. The monoisotopic (exact) mass is 292 g/mol. The first-order valence-electron chi connectivity index (χ1n) is 6.81. The first-order chi connectivity index (χ1) is 10.1. The van der Waals surface area contributed by atoms with Gasteiger partial charge in [0.1, 0.15) is 11.6 Å². The van der Waals surface area contributed by atoms with Gasteiger partial charge < -0.3 is 10.1 Å². The Kier molecular flexibility index (Phi) is 5.22. The number of halogens is 2. The van der Waals surface area contributed by atoms with Gasteiger partial charge in [0.05, 0.1) is 7.11 Å². The molecule has 112 valence electrons. The topological polar surface area (TPSA) is 34.1 Å². The number of nitrogens with one attached hydrogen (secondary N) is 1. The van der Waals surface area contributed by atoms with Crippen molar-refractivity contribution in [2.24, 2.45) is 0 Å². The summed E-state index contributed by atoms with van der Waals surface area (Å²) in [4.78, 5) is 4.13. The zero-order valence-corrected chi connectivity index (χ0v) is 12.1. The maximum Gasteiger partial charge on any atom is 0.212 e. The lowest BCUT2D eigenvalue weighted by atomic mass is 9.99. The van der Waals surface area contributed by atoms with Crippen LogP contribution < -0.4 is 10.1 Å². The number of benzene rings is 1. The SMILES string of the molecule is CCNC(Cc1ccc(OC)nc1)c1cc(F)ccc1F. The van der Waals surface area contributed by atoms with E-state index in [0.29, 0.717) is 24.4 Å². The molecule has 2 aromatic rings. The molecule has 0 aliphatic rings. The maximum absolute atomic E-state index is 13.9. The van der Waals surface area contributed by atoms with Gasteiger partial charge in [-0.2, -0.15) is 0 Å². The minimum atomic E-state index is -0.442. The number of aromatic nitrogens is 1. The van der Waals surface area contributed by atoms with Gasteiger partial charge in [-0.3, -0.25) is 0 Å². The smallest absolute Gasteiger partial charge is 0.212 e. The average molecular weight is 292 g/mol. The summed E-state index contributed by atoms with van der Waals surface area (Å²) in [6, 6.07) is 6.83. The van der Waals surface area contributed by atoms with Gasteiger partial charge in [-0.05, 0) is 36.7 Å². The van der Waals surface area contributed by atoms with Crippen molar-refractivity contribution in [3.8, 4) is 5.88 Å². The quantitative estimate of drug-likeness (QED) is 0.887. The summed E-state index contributed by atoms with van der Waals surface area (Å²) >= 11 is 0. The molecular formula is C16H18F2N2O. The van der Waals surface area contributed by atoms with Gasteiger partial charge in [-0.25, -0.2) is 13.8 Å². The Morgan fingerprint density at radius 1 is 1.24 bits per heavy atom. The van der Waals surface area contributed by atoms with Crippen molar-refractivity contribution in [2.45, 2.75) is 19.4 Å². The van der Waals surface area contributed by atoms with Gasteiger partial charge in [0.2, 0.25) is 5.88 Å². The molecule has 1 aromatic heterocycles. The van der Waals surface area contributed by atoms with E-state index in [1.54, 1.807) is 19.4 Å². The molecule has 0 fully saturated rings. The molecule has 0 bridgehead atoms. The number of rotatable bonds is 6. The van der Waals surface area contributed by atoms with E-state index in [4.69, 9.17) is 4.74 Å². The molecule has 0 aliphatic carbocycles. The van der Waals surface area contributed by atoms with Crippen LogP contribution in [0.3, 0.4) is 0 Å². The molecule has 1 aromatic carbocycles. The van der Waals surface area contributed by atoms with Crippen LogP contribution in [0.4, 0.5) is 8.78 Å². The molecule has 0 aliphatic heterocycles. The van der Waals surface area contributed by atoms with Crippen LogP contribution in [-0.4, -0.2) is 18.6 Å². The predicted molar refractivity (Wildman–Crippen MR) is 77.3 cm³/mol. The van der Waals surface area contributed by atoms with Crippen LogP contribution in [0.1, 0.15) is 24.1 Å². The third-order valence-electron chi connectivity index (χ3n) is 3.23. The third-order valence-corrected chi connectivity index (χ3v) is 3.23. The number of hydrogen-bond acceptors (Lipinski definition) is 3. The van der Waals surface area contributed by atoms with Crippen molar-refractivity contribution in [2.75, 3.05) is 13.7 Å². The van der Waals surface area contributed by atoms with E-state index in [2.05, 4.69) is 10.3 Å². The second kappa shape index (κ2) is 7.13. The second-order valence-corrected chi connectivity index (χ2v) is 4.69. The minimum Gasteiger partial charge on any atom is -0.481 e. The van der Waals surface area contributed by atoms with E-state index in [0.717, 1.165) is 17.7 Å². The molecule has 0 saturated heterocycles. The van der Waals surface area contributed by atoms with Crippen molar-refractivity contribution < 1.29 is 13.5 Å². The molecule has 1 heterocycles. The molecule has 1 unspecified atom stereocenters. The molecule has 1 N–H and O–H groups in total. The maximum atomic E-state index is 13.9. The highest BCUT2D eigenvalue weighted by Crippen LogP contribution is 2.22. The van der Waals surface area contributed by atoms with Crippen molar-refractivity contribution in [3.63, 3.8) is 0 Å². The van der Waals surface area contributed by atoms with Gasteiger partial charge in [-0.15, -0.1) is 0 Å². The van der Waals surface area contributed by atoms with Crippen LogP contribution in [0, 0.1) is 11.6 Å². The fourth-order valence-electron chi connectivity index (χ4n) is 2.21. The van der Waals surface area contributed by atoms with Crippen LogP contribution in [0.5, 0.6) is 5.88 Å². The fraction of sp³-hybridized carbons (Fsp3) is 0.312. The van der Waals surface area contributed by atoms with E-state index in [-0.39, 0.29) is 6.04 Å². The van der Waals surface area contributed by atoms with Crippen LogP contribution in [0.2, 0.25) is 0 Å². The standard InChI is InChI=1S/C16H18F2N2O/c1-3-19-15(13-9-12(17)5-6-14(13)18)8-11-4-7-16(21-2)20-10-11/h4-7,9-10,15,19H,3,8H2,1-2H3. The number of ether oxygens (including phenoxy) is 1. The molecular weight excluding hydrogens is 274 g/mol. The van der Waals surface area contributed by atoms with E-state index in [9.17, 15) is 8.78 Å². The molecule has 0 spiro atoms. The lowest BCUT2D eigenvalue weighted by Gasteiger charge is -2.19. The van der Waals surface area contributed by atoms with Crippen molar-refractivity contribution in [1.29, 1.82) is 0 Å². The third kappa shape index (κ3) is 3.98. The second-order valence-electron chi connectivity index (χ2n) is 4.69. The average Bonchev–Trinajstić information content (AvgIpc) is 2.50. The Bertz CT molecular complexity index is 587. The Morgan fingerprint density at radius 3 is 2.67 bits per heavy atom. The van der Waals surface area contributed by atoms with E-state index in [1.807, 2.05) is 13.0 Å². The molecule has 1 atom stereocenters. The lowest BCUT2D eigenvalue weighted by molar-refractivity contribution is 0.397. The number of hydrogen-bond donors (Lipinski definition) is 1. The highest BCUT2D eigenvalue weighted by atomic mass is 19.1. The van der Waals surface area contributed by atoms with Crippen molar-refractivity contribution in [1.82, 2.24) is 10.3 Å². The predicted octanol–water partition coefficient (Wildman–Crippen LogP) is 3.26. The largest absolute Gasteiger partial charge is 0.481 e. The first-order valence-corrected chi connectivity index (χ1v) is 6.81.